The highest BCUT2D eigenvalue weighted by Crippen LogP contribution is 2.07. The van der Waals surface area contributed by atoms with Crippen molar-refractivity contribution >= 4 is 11.9 Å². The second-order valence-corrected chi connectivity index (χ2v) is 2.54. The number of allylic oxidation sites excluding steroid dienone is 1. The minimum Gasteiger partial charge on any atom is -0.398 e. The van der Waals surface area contributed by atoms with Crippen LogP contribution in [0.25, 0.3) is 5.70 Å². The molecule has 0 aliphatic carbocycles. The maximum absolute atomic E-state index is 6.83. The van der Waals surface area contributed by atoms with Gasteiger partial charge in [-0.05, 0) is 24.6 Å². The van der Waals surface area contributed by atoms with Gasteiger partial charge in [-0.15, -0.1) is 0 Å². The molecule has 0 spiro atoms. The normalized spacial score (nSPS) is 11.2. The van der Waals surface area contributed by atoms with Gasteiger partial charge in [0.1, 0.15) is 0 Å². The van der Waals surface area contributed by atoms with E-state index in [-0.39, 0.29) is 0 Å². The van der Waals surface area contributed by atoms with Gasteiger partial charge in [0.15, 0.2) is 0 Å². The summed E-state index contributed by atoms with van der Waals surface area (Å²) in [5.74, 6) is 0. The van der Waals surface area contributed by atoms with Gasteiger partial charge in [-0.1, -0.05) is 0 Å². The van der Waals surface area contributed by atoms with E-state index in [1.807, 2.05) is 13.0 Å². The van der Waals surface area contributed by atoms with Crippen molar-refractivity contribution in [1.29, 1.82) is 5.41 Å². The Balaban J connectivity index is 3.03. The van der Waals surface area contributed by atoms with Crippen molar-refractivity contribution in [2.45, 2.75) is 6.92 Å². The number of pyridine rings is 1. The predicted octanol–water partition coefficient (Wildman–Crippen LogP) is 1.34. The number of hydrogen-bond acceptors (Lipinski definition) is 3. The van der Waals surface area contributed by atoms with Crippen LogP contribution in [0.3, 0.4) is 0 Å². The van der Waals surface area contributed by atoms with Gasteiger partial charge >= 0.3 is 0 Å². The highest BCUT2D eigenvalue weighted by molar-refractivity contribution is 5.81. The van der Waals surface area contributed by atoms with Gasteiger partial charge in [-0.2, -0.15) is 0 Å². The molecule has 0 bridgehead atoms. The van der Waals surface area contributed by atoms with Crippen LogP contribution in [0.1, 0.15) is 11.1 Å². The fourth-order valence-electron chi connectivity index (χ4n) is 0.899. The zero-order chi connectivity index (χ0) is 8.97. The fourth-order valence-corrected chi connectivity index (χ4v) is 0.899. The maximum atomic E-state index is 6.83. The summed E-state index contributed by atoms with van der Waals surface area (Å²) in [6.07, 6.45) is 6.15. The van der Waals surface area contributed by atoms with Gasteiger partial charge < -0.3 is 11.1 Å². The van der Waals surface area contributed by atoms with E-state index in [1.165, 1.54) is 6.08 Å². The van der Waals surface area contributed by atoms with Gasteiger partial charge in [0.25, 0.3) is 0 Å². The van der Waals surface area contributed by atoms with Crippen LogP contribution in [-0.4, -0.2) is 11.2 Å². The minimum atomic E-state index is 0.571. The van der Waals surface area contributed by atoms with Crippen molar-refractivity contribution in [3.05, 3.63) is 35.7 Å². The maximum Gasteiger partial charge on any atom is 0.0418 e. The molecule has 0 saturated carbocycles. The first-order chi connectivity index (χ1) is 5.74. The third kappa shape index (κ3) is 1.92. The molecule has 0 radical (unpaired) electrons. The highest BCUT2D eigenvalue weighted by atomic mass is 14.6. The summed E-state index contributed by atoms with van der Waals surface area (Å²) in [7, 11) is 0. The standard InChI is InChI=1S/C9H11N3/c1-7-4-8(6-12-5-7)9(11)2-3-10/h2-6,10H,11H2,1H3. The quantitative estimate of drug-likeness (QED) is 0.643. The summed E-state index contributed by atoms with van der Waals surface area (Å²) >= 11 is 0. The molecule has 3 heteroatoms. The molecule has 0 amide bonds. The molecule has 0 unspecified atom stereocenters. The molecule has 1 aromatic heterocycles. The van der Waals surface area contributed by atoms with Crippen LogP contribution in [0.4, 0.5) is 0 Å². The summed E-state index contributed by atoms with van der Waals surface area (Å²) in [6.45, 7) is 1.95. The molecular formula is C9H11N3. The summed E-state index contributed by atoms with van der Waals surface area (Å²) in [4.78, 5) is 3.99. The third-order valence-corrected chi connectivity index (χ3v) is 1.47. The lowest BCUT2D eigenvalue weighted by Crippen LogP contribution is -1.97. The van der Waals surface area contributed by atoms with E-state index in [9.17, 15) is 0 Å². The topological polar surface area (TPSA) is 62.8 Å². The molecule has 12 heavy (non-hydrogen) atoms. The van der Waals surface area contributed by atoms with Gasteiger partial charge in [0, 0.05) is 29.9 Å². The number of rotatable bonds is 2. The summed E-state index contributed by atoms with van der Waals surface area (Å²) in [6, 6.07) is 1.93. The van der Waals surface area contributed by atoms with E-state index in [1.54, 1.807) is 12.4 Å². The monoisotopic (exact) mass is 161 g/mol. The summed E-state index contributed by atoms with van der Waals surface area (Å²) in [5.41, 5.74) is 8.14. The van der Waals surface area contributed by atoms with Crippen LogP contribution in [0, 0.1) is 12.3 Å². The van der Waals surface area contributed by atoms with E-state index in [0.29, 0.717) is 5.70 Å². The molecule has 0 fully saturated rings. The minimum absolute atomic E-state index is 0.571. The lowest BCUT2D eigenvalue weighted by Gasteiger charge is -1.99. The molecule has 0 atom stereocenters. The van der Waals surface area contributed by atoms with Crippen molar-refractivity contribution in [1.82, 2.24) is 4.98 Å². The molecule has 0 aromatic carbocycles. The van der Waals surface area contributed by atoms with Crippen molar-refractivity contribution in [3.63, 3.8) is 0 Å². The molecule has 1 aromatic rings. The SMILES string of the molecule is Cc1cncc(C(N)=CC=N)c1. The number of hydrogen-bond donors (Lipinski definition) is 2. The molecule has 1 heterocycles. The van der Waals surface area contributed by atoms with Crippen LogP contribution >= 0.6 is 0 Å². The van der Waals surface area contributed by atoms with Crippen LogP contribution in [0.2, 0.25) is 0 Å². The fraction of sp³-hybridized carbons (Fsp3) is 0.111. The Morgan fingerprint density at radius 1 is 1.58 bits per heavy atom. The Kier molecular flexibility index (Phi) is 2.58. The Bertz CT molecular complexity index is 315. The second-order valence-electron chi connectivity index (χ2n) is 2.54. The Morgan fingerprint density at radius 2 is 2.33 bits per heavy atom. The molecule has 0 aliphatic rings. The Hall–Kier alpha value is -1.64. The zero-order valence-electron chi connectivity index (χ0n) is 6.91. The first-order valence-electron chi connectivity index (χ1n) is 3.62. The Morgan fingerprint density at radius 3 is 2.92 bits per heavy atom. The molecule has 1 rings (SSSR count). The lowest BCUT2D eigenvalue weighted by molar-refractivity contribution is 1.24. The second kappa shape index (κ2) is 3.67. The first-order valence-corrected chi connectivity index (χ1v) is 3.62. The van der Waals surface area contributed by atoms with E-state index in [4.69, 9.17) is 11.1 Å². The van der Waals surface area contributed by atoms with E-state index >= 15 is 0 Å². The number of aromatic nitrogens is 1. The van der Waals surface area contributed by atoms with Crippen molar-refractivity contribution in [3.8, 4) is 0 Å². The molecule has 3 nitrogen and oxygen atoms in total. The van der Waals surface area contributed by atoms with Crippen LogP contribution in [0.5, 0.6) is 0 Å². The molecule has 0 saturated heterocycles. The average molecular weight is 161 g/mol. The smallest absolute Gasteiger partial charge is 0.0418 e. The lowest BCUT2D eigenvalue weighted by atomic mass is 10.2. The van der Waals surface area contributed by atoms with E-state index < -0.39 is 0 Å². The number of nitrogens with one attached hydrogen (secondary N) is 1. The predicted molar refractivity (Wildman–Crippen MR) is 49.9 cm³/mol. The molecule has 62 valence electrons. The van der Waals surface area contributed by atoms with Gasteiger partial charge in [0.05, 0.1) is 0 Å². The first kappa shape index (κ1) is 8.46. The van der Waals surface area contributed by atoms with Crippen LogP contribution in [0.15, 0.2) is 24.5 Å². The van der Waals surface area contributed by atoms with Crippen LogP contribution in [-0.2, 0) is 0 Å². The number of aryl methyl sites for hydroxylation is 1. The van der Waals surface area contributed by atoms with Gasteiger partial charge in [-0.25, -0.2) is 0 Å². The van der Waals surface area contributed by atoms with Crippen molar-refractivity contribution in [2.75, 3.05) is 0 Å². The zero-order valence-corrected chi connectivity index (χ0v) is 6.91. The van der Waals surface area contributed by atoms with Crippen molar-refractivity contribution in [2.24, 2.45) is 5.73 Å². The van der Waals surface area contributed by atoms with E-state index in [0.717, 1.165) is 17.3 Å². The summed E-state index contributed by atoms with van der Waals surface area (Å²) in [5, 5.41) is 6.83. The molecule has 0 aliphatic heterocycles. The molecular weight excluding hydrogens is 150 g/mol. The third-order valence-electron chi connectivity index (χ3n) is 1.47. The Labute approximate surface area is 71.4 Å². The van der Waals surface area contributed by atoms with E-state index in [2.05, 4.69) is 4.98 Å². The molecule has 3 N–H and O–H groups in total. The largest absolute Gasteiger partial charge is 0.398 e. The number of nitrogens with zero attached hydrogens (tertiary/aromatic N) is 1. The van der Waals surface area contributed by atoms with Crippen LogP contribution < -0.4 is 5.73 Å². The van der Waals surface area contributed by atoms with Crippen molar-refractivity contribution < 1.29 is 0 Å². The van der Waals surface area contributed by atoms with Gasteiger partial charge in [-0.3, -0.25) is 4.98 Å². The van der Waals surface area contributed by atoms with Gasteiger partial charge in [0.2, 0.25) is 0 Å². The summed E-state index contributed by atoms with van der Waals surface area (Å²) < 4.78 is 0. The average Bonchev–Trinajstić information content (AvgIpc) is 2.05. The highest BCUT2D eigenvalue weighted by Gasteiger charge is 1.95. The number of nitrogens with two attached hydrogens (primary N) is 1.